The van der Waals surface area contributed by atoms with Crippen LogP contribution in [-0.4, -0.2) is 37.5 Å². The van der Waals surface area contributed by atoms with Crippen LogP contribution in [0.2, 0.25) is 0 Å². The minimum atomic E-state index is -0.421. The number of hydrogen-bond donors (Lipinski definition) is 1. The van der Waals surface area contributed by atoms with Gasteiger partial charge in [0.2, 0.25) is 0 Å². The van der Waals surface area contributed by atoms with Crippen LogP contribution >= 0.6 is 0 Å². The molecule has 0 radical (unpaired) electrons. The van der Waals surface area contributed by atoms with Crippen LogP contribution in [0.4, 0.5) is 4.39 Å². The summed E-state index contributed by atoms with van der Waals surface area (Å²) < 4.78 is 25.4. The molecule has 0 aromatic carbocycles. The quantitative estimate of drug-likeness (QED) is 0.870. The van der Waals surface area contributed by atoms with Gasteiger partial charge in [-0.3, -0.25) is 4.98 Å². The van der Waals surface area contributed by atoms with Crippen molar-refractivity contribution in [3.8, 4) is 0 Å². The van der Waals surface area contributed by atoms with Gasteiger partial charge in [-0.15, -0.1) is 0 Å². The number of aromatic nitrogens is 1. The third-order valence-electron chi connectivity index (χ3n) is 3.99. The fraction of sp³-hybridized carbons (Fsp3) is 0.667. The lowest BCUT2D eigenvalue weighted by Gasteiger charge is -2.43. The molecule has 2 rings (SSSR count). The Balaban J connectivity index is 2.33. The van der Waals surface area contributed by atoms with Crippen LogP contribution in [0.5, 0.6) is 0 Å². The lowest BCUT2D eigenvalue weighted by molar-refractivity contribution is -0.112. The number of nitrogens with one attached hydrogen (secondary N) is 1. The molecule has 0 bridgehead atoms. The molecule has 2 heterocycles. The van der Waals surface area contributed by atoms with Crippen molar-refractivity contribution >= 4 is 0 Å². The molecule has 1 aromatic heterocycles. The Morgan fingerprint density at radius 1 is 1.50 bits per heavy atom. The van der Waals surface area contributed by atoms with E-state index in [1.165, 1.54) is 6.20 Å². The van der Waals surface area contributed by atoms with Crippen molar-refractivity contribution in [1.29, 1.82) is 0 Å². The molecule has 1 aliphatic rings. The van der Waals surface area contributed by atoms with Gasteiger partial charge >= 0.3 is 0 Å². The molecule has 5 heteroatoms. The zero-order valence-corrected chi connectivity index (χ0v) is 12.2. The Morgan fingerprint density at radius 2 is 2.25 bits per heavy atom. The molecule has 1 aromatic rings. The smallest absolute Gasteiger partial charge is 0.146 e. The van der Waals surface area contributed by atoms with Crippen LogP contribution in [0.25, 0.3) is 0 Å². The normalized spacial score (nSPS) is 19.8. The molecular formula is C15H23FN2O2. The fourth-order valence-corrected chi connectivity index (χ4v) is 2.82. The summed E-state index contributed by atoms with van der Waals surface area (Å²) in [5.74, 6) is -0.288. The van der Waals surface area contributed by atoms with Crippen molar-refractivity contribution in [3.63, 3.8) is 0 Å². The third-order valence-corrected chi connectivity index (χ3v) is 3.99. The highest BCUT2D eigenvalue weighted by molar-refractivity contribution is 5.22. The Hall–Kier alpha value is -1.04. The van der Waals surface area contributed by atoms with Gasteiger partial charge in [0.25, 0.3) is 0 Å². The first-order valence-electron chi connectivity index (χ1n) is 7.19. The van der Waals surface area contributed by atoms with Crippen molar-refractivity contribution < 1.29 is 13.9 Å². The summed E-state index contributed by atoms with van der Waals surface area (Å²) in [6.45, 7) is 4.20. The van der Waals surface area contributed by atoms with Crippen LogP contribution in [0.15, 0.2) is 18.5 Å². The van der Waals surface area contributed by atoms with Crippen LogP contribution in [-0.2, 0) is 9.47 Å². The number of hydrogen-bond acceptors (Lipinski definition) is 4. The average Bonchev–Trinajstić information content (AvgIpc) is 2.50. The lowest BCUT2D eigenvalue weighted by Crippen LogP contribution is -2.49. The Kier molecular flexibility index (Phi) is 5.46. The number of pyridine rings is 1. The Bertz CT molecular complexity index is 422. The number of methoxy groups -OCH3 is 1. The Labute approximate surface area is 119 Å². The van der Waals surface area contributed by atoms with E-state index in [0.29, 0.717) is 18.8 Å². The topological polar surface area (TPSA) is 43.4 Å². The van der Waals surface area contributed by atoms with E-state index in [4.69, 9.17) is 9.47 Å². The molecule has 1 aliphatic heterocycles. The summed E-state index contributed by atoms with van der Waals surface area (Å²) in [7, 11) is 1.70. The Morgan fingerprint density at radius 3 is 2.85 bits per heavy atom. The summed E-state index contributed by atoms with van der Waals surface area (Å²) >= 11 is 0. The van der Waals surface area contributed by atoms with Crippen LogP contribution in [0.1, 0.15) is 37.8 Å². The van der Waals surface area contributed by atoms with Gasteiger partial charge in [-0.1, -0.05) is 6.92 Å². The summed E-state index contributed by atoms with van der Waals surface area (Å²) in [6.07, 6.45) is 5.39. The summed E-state index contributed by atoms with van der Waals surface area (Å²) in [6, 6.07) is 1.55. The molecule has 0 amide bonds. The third kappa shape index (κ3) is 3.16. The van der Waals surface area contributed by atoms with E-state index in [2.05, 4.69) is 17.2 Å². The molecule has 1 unspecified atom stereocenters. The summed E-state index contributed by atoms with van der Waals surface area (Å²) in [5, 5.41) is 3.44. The molecule has 1 atom stereocenters. The molecule has 1 saturated heterocycles. The van der Waals surface area contributed by atoms with Gasteiger partial charge in [-0.25, -0.2) is 4.39 Å². The zero-order chi connectivity index (χ0) is 14.4. The van der Waals surface area contributed by atoms with Crippen LogP contribution in [0, 0.1) is 5.82 Å². The predicted octanol–water partition coefficient (Wildman–Crippen LogP) is 2.46. The van der Waals surface area contributed by atoms with Gasteiger partial charge in [0.1, 0.15) is 5.82 Å². The van der Waals surface area contributed by atoms with Gasteiger partial charge < -0.3 is 14.8 Å². The second-order valence-electron chi connectivity index (χ2n) is 5.17. The van der Waals surface area contributed by atoms with Crippen molar-refractivity contribution in [1.82, 2.24) is 10.3 Å². The molecule has 112 valence electrons. The average molecular weight is 282 g/mol. The number of halogens is 1. The monoisotopic (exact) mass is 282 g/mol. The number of ether oxygens (including phenoxy) is 2. The molecule has 0 spiro atoms. The van der Waals surface area contributed by atoms with Crippen LogP contribution in [0.3, 0.4) is 0 Å². The minimum Gasteiger partial charge on any atom is -0.381 e. The predicted molar refractivity (Wildman–Crippen MR) is 75.0 cm³/mol. The maximum atomic E-state index is 14.1. The SMILES string of the molecule is CCCNC(c1ccncc1F)C1(OC)CCOCC1. The zero-order valence-electron chi connectivity index (χ0n) is 12.2. The van der Waals surface area contributed by atoms with E-state index in [0.717, 1.165) is 25.8 Å². The second kappa shape index (κ2) is 7.11. The first kappa shape index (κ1) is 15.4. The second-order valence-corrected chi connectivity index (χ2v) is 5.17. The number of nitrogens with zero attached hydrogens (tertiary/aromatic N) is 1. The minimum absolute atomic E-state index is 0.181. The standard InChI is InChI=1S/C15H23FN2O2/c1-3-7-18-14(12-4-8-17-11-13(12)16)15(19-2)5-9-20-10-6-15/h4,8,11,14,18H,3,5-7,9-10H2,1-2H3. The van der Waals surface area contributed by atoms with E-state index in [-0.39, 0.29) is 11.9 Å². The molecule has 0 saturated carbocycles. The van der Waals surface area contributed by atoms with Gasteiger partial charge in [0, 0.05) is 44.9 Å². The van der Waals surface area contributed by atoms with Crippen molar-refractivity contribution in [2.75, 3.05) is 26.9 Å². The summed E-state index contributed by atoms with van der Waals surface area (Å²) in [4.78, 5) is 3.83. The first-order chi connectivity index (χ1) is 9.73. The van der Waals surface area contributed by atoms with Gasteiger partial charge in [0.15, 0.2) is 0 Å². The molecule has 4 nitrogen and oxygen atoms in total. The van der Waals surface area contributed by atoms with Gasteiger partial charge in [0.05, 0.1) is 17.8 Å². The van der Waals surface area contributed by atoms with E-state index in [9.17, 15) is 4.39 Å². The van der Waals surface area contributed by atoms with E-state index in [1.807, 2.05) is 0 Å². The highest BCUT2D eigenvalue weighted by atomic mass is 19.1. The van der Waals surface area contributed by atoms with Crippen molar-refractivity contribution in [3.05, 3.63) is 29.8 Å². The molecule has 0 aliphatic carbocycles. The highest BCUT2D eigenvalue weighted by Crippen LogP contribution is 2.38. The van der Waals surface area contributed by atoms with E-state index >= 15 is 0 Å². The lowest BCUT2D eigenvalue weighted by atomic mass is 9.82. The summed E-state index contributed by atoms with van der Waals surface area (Å²) in [5.41, 5.74) is 0.201. The molecular weight excluding hydrogens is 259 g/mol. The largest absolute Gasteiger partial charge is 0.381 e. The van der Waals surface area contributed by atoms with E-state index in [1.54, 1.807) is 19.4 Å². The first-order valence-corrected chi connectivity index (χ1v) is 7.19. The van der Waals surface area contributed by atoms with E-state index < -0.39 is 5.60 Å². The van der Waals surface area contributed by atoms with Gasteiger partial charge in [-0.2, -0.15) is 0 Å². The van der Waals surface area contributed by atoms with Crippen molar-refractivity contribution in [2.45, 2.75) is 37.8 Å². The van der Waals surface area contributed by atoms with Crippen molar-refractivity contribution in [2.24, 2.45) is 0 Å². The molecule has 1 fully saturated rings. The number of rotatable bonds is 6. The molecule has 1 N–H and O–H groups in total. The van der Waals surface area contributed by atoms with Crippen LogP contribution < -0.4 is 5.32 Å². The maximum absolute atomic E-state index is 14.1. The maximum Gasteiger partial charge on any atom is 0.146 e. The fourth-order valence-electron chi connectivity index (χ4n) is 2.82. The van der Waals surface area contributed by atoms with Gasteiger partial charge in [-0.05, 0) is 19.0 Å². The molecule has 20 heavy (non-hydrogen) atoms. The highest BCUT2D eigenvalue weighted by Gasteiger charge is 2.42.